The highest BCUT2D eigenvalue weighted by atomic mass is 19.2. The van der Waals surface area contributed by atoms with Crippen LogP contribution >= 0.6 is 0 Å². The van der Waals surface area contributed by atoms with Crippen LogP contribution in [-0.2, 0) is 9.59 Å². The molecule has 154 valence electrons. The Hall–Kier alpha value is -3.47. The Kier molecular flexibility index (Phi) is 7.26. The maximum atomic E-state index is 13.5. The van der Waals surface area contributed by atoms with Gasteiger partial charge in [0.25, 0.3) is 0 Å². The van der Waals surface area contributed by atoms with Crippen molar-refractivity contribution in [3.63, 3.8) is 0 Å². The van der Waals surface area contributed by atoms with Crippen molar-refractivity contribution in [1.29, 1.82) is 0 Å². The Balaban J connectivity index is 1.82. The fourth-order valence-corrected chi connectivity index (χ4v) is 2.24. The van der Waals surface area contributed by atoms with Gasteiger partial charge in [-0.15, -0.1) is 0 Å². The minimum atomic E-state index is -1.73. The van der Waals surface area contributed by atoms with Gasteiger partial charge in [0.15, 0.2) is 17.5 Å². The average Bonchev–Trinajstić information content (AvgIpc) is 2.63. The zero-order valence-electron chi connectivity index (χ0n) is 15.1. The van der Waals surface area contributed by atoms with Crippen LogP contribution in [0.15, 0.2) is 36.4 Å². The molecule has 2 aromatic carbocycles. The number of benzene rings is 2. The second-order valence-electron chi connectivity index (χ2n) is 5.93. The zero-order valence-corrected chi connectivity index (χ0v) is 15.1. The molecule has 4 amide bonds. The number of hydrogen-bond acceptors (Lipinski definition) is 4. The number of amides is 4. The van der Waals surface area contributed by atoms with Crippen LogP contribution in [-0.4, -0.2) is 42.9 Å². The molecular formula is C18H16F4N4O3. The van der Waals surface area contributed by atoms with Crippen molar-refractivity contribution in [2.75, 3.05) is 30.8 Å². The molecule has 0 aliphatic heterocycles. The fraction of sp³-hybridized carbons (Fsp3) is 0.167. The van der Waals surface area contributed by atoms with Gasteiger partial charge in [-0.05, 0) is 31.3 Å². The maximum absolute atomic E-state index is 13.5. The van der Waals surface area contributed by atoms with Crippen molar-refractivity contribution in [2.45, 2.75) is 0 Å². The summed E-state index contributed by atoms with van der Waals surface area (Å²) in [6.45, 7) is -0.820. The van der Waals surface area contributed by atoms with E-state index in [1.165, 1.54) is 30.1 Å². The predicted octanol–water partition coefficient (Wildman–Crippen LogP) is 2.46. The van der Waals surface area contributed by atoms with Crippen LogP contribution in [0.1, 0.15) is 0 Å². The van der Waals surface area contributed by atoms with Gasteiger partial charge in [-0.1, -0.05) is 12.1 Å². The molecule has 3 N–H and O–H groups in total. The van der Waals surface area contributed by atoms with Crippen molar-refractivity contribution >= 4 is 29.2 Å². The molecular weight excluding hydrogens is 396 g/mol. The summed E-state index contributed by atoms with van der Waals surface area (Å²) < 4.78 is 53.0. The zero-order chi connectivity index (χ0) is 21.6. The lowest BCUT2D eigenvalue weighted by Crippen LogP contribution is -2.42. The van der Waals surface area contributed by atoms with Crippen molar-refractivity contribution in [1.82, 2.24) is 10.2 Å². The number of halogens is 4. The van der Waals surface area contributed by atoms with Crippen LogP contribution in [0.4, 0.5) is 33.7 Å². The number of nitrogens with zero attached hydrogens (tertiary/aromatic N) is 1. The number of para-hydroxylation sites is 1. The summed E-state index contributed by atoms with van der Waals surface area (Å²) in [5.74, 6) is -6.97. The summed E-state index contributed by atoms with van der Waals surface area (Å²) in [5, 5.41) is 6.15. The van der Waals surface area contributed by atoms with Gasteiger partial charge in [-0.2, -0.15) is 0 Å². The van der Waals surface area contributed by atoms with Gasteiger partial charge >= 0.3 is 6.03 Å². The molecule has 0 saturated carbocycles. The molecule has 0 bridgehead atoms. The number of carbonyl (C=O) groups is 3. The lowest BCUT2D eigenvalue weighted by Gasteiger charge is -2.16. The molecule has 0 unspecified atom stereocenters. The monoisotopic (exact) mass is 412 g/mol. The highest BCUT2D eigenvalue weighted by Crippen LogP contribution is 2.19. The number of nitrogens with one attached hydrogen (secondary N) is 3. The minimum Gasteiger partial charge on any atom is -0.322 e. The average molecular weight is 412 g/mol. The van der Waals surface area contributed by atoms with Gasteiger partial charge in [0, 0.05) is 0 Å². The summed E-state index contributed by atoms with van der Waals surface area (Å²) in [6.07, 6.45) is 0. The first-order chi connectivity index (χ1) is 13.7. The molecule has 0 radical (unpaired) electrons. The number of rotatable bonds is 6. The topological polar surface area (TPSA) is 90.5 Å². The fourth-order valence-electron chi connectivity index (χ4n) is 2.24. The van der Waals surface area contributed by atoms with Crippen LogP contribution in [0.3, 0.4) is 0 Å². The Morgan fingerprint density at radius 1 is 0.793 bits per heavy atom. The maximum Gasteiger partial charge on any atom is 0.326 e. The third-order valence-corrected chi connectivity index (χ3v) is 3.51. The van der Waals surface area contributed by atoms with Crippen LogP contribution in [0.25, 0.3) is 0 Å². The van der Waals surface area contributed by atoms with Gasteiger partial charge in [-0.3, -0.25) is 19.8 Å². The smallest absolute Gasteiger partial charge is 0.322 e. The molecule has 2 rings (SSSR count). The van der Waals surface area contributed by atoms with Crippen LogP contribution < -0.4 is 16.0 Å². The number of hydrogen-bond donors (Lipinski definition) is 3. The van der Waals surface area contributed by atoms with E-state index in [2.05, 4.69) is 5.32 Å². The Morgan fingerprint density at radius 3 is 2.14 bits per heavy atom. The Bertz CT molecular complexity index is 939. The molecule has 0 fully saturated rings. The van der Waals surface area contributed by atoms with Gasteiger partial charge in [0.05, 0.1) is 24.5 Å². The highest BCUT2D eigenvalue weighted by molar-refractivity contribution is 6.02. The van der Waals surface area contributed by atoms with Crippen LogP contribution in [0.5, 0.6) is 0 Å². The van der Waals surface area contributed by atoms with Crippen LogP contribution in [0.2, 0.25) is 0 Å². The normalized spacial score (nSPS) is 10.6. The van der Waals surface area contributed by atoms with Crippen molar-refractivity contribution < 1.29 is 31.9 Å². The first-order valence-corrected chi connectivity index (χ1v) is 8.14. The second kappa shape index (κ2) is 9.64. The molecule has 2 aromatic rings. The second-order valence-corrected chi connectivity index (χ2v) is 5.93. The quantitative estimate of drug-likeness (QED) is 0.502. The molecule has 0 aliphatic carbocycles. The predicted molar refractivity (Wildman–Crippen MR) is 96.0 cm³/mol. The van der Waals surface area contributed by atoms with Crippen molar-refractivity contribution in [2.24, 2.45) is 0 Å². The van der Waals surface area contributed by atoms with E-state index < -0.39 is 59.9 Å². The van der Waals surface area contributed by atoms with E-state index >= 15 is 0 Å². The first-order valence-electron chi connectivity index (χ1n) is 8.14. The lowest BCUT2D eigenvalue weighted by atomic mass is 10.2. The van der Waals surface area contributed by atoms with Gasteiger partial charge in [-0.25, -0.2) is 22.4 Å². The molecule has 0 aliphatic rings. The SMILES string of the molecule is CN(CC(=O)NC(=O)Nc1ccccc1F)CC(=O)Nc1ccc(F)c(F)c1F. The van der Waals surface area contributed by atoms with E-state index in [0.29, 0.717) is 6.07 Å². The first kappa shape index (κ1) is 21.8. The Labute approximate surface area is 162 Å². The lowest BCUT2D eigenvalue weighted by molar-refractivity contribution is -0.122. The molecule has 0 atom stereocenters. The third kappa shape index (κ3) is 6.28. The van der Waals surface area contributed by atoms with E-state index in [1.807, 2.05) is 10.6 Å². The molecule has 7 nitrogen and oxygen atoms in total. The minimum absolute atomic E-state index is 0.126. The Morgan fingerprint density at radius 2 is 1.45 bits per heavy atom. The summed E-state index contributed by atoms with van der Waals surface area (Å²) >= 11 is 0. The van der Waals surface area contributed by atoms with E-state index in [-0.39, 0.29) is 5.69 Å². The number of urea groups is 1. The van der Waals surface area contributed by atoms with E-state index in [1.54, 1.807) is 0 Å². The molecule has 0 aromatic heterocycles. The highest BCUT2D eigenvalue weighted by Gasteiger charge is 2.17. The van der Waals surface area contributed by atoms with E-state index in [9.17, 15) is 31.9 Å². The van der Waals surface area contributed by atoms with Gasteiger partial charge in [0.1, 0.15) is 5.82 Å². The largest absolute Gasteiger partial charge is 0.326 e. The summed E-state index contributed by atoms with van der Waals surface area (Å²) in [4.78, 5) is 36.6. The summed E-state index contributed by atoms with van der Waals surface area (Å²) in [5.41, 5.74) is -0.685. The van der Waals surface area contributed by atoms with Crippen LogP contribution in [0, 0.1) is 23.3 Å². The number of carbonyl (C=O) groups excluding carboxylic acids is 3. The molecule has 0 saturated heterocycles. The third-order valence-electron chi connectivity index (χ3n) is 3.51. The molecule has 29 heavy (non-hydrogen) atoms. The summed E-state index contributed by atoms with van der Waals surface area (Å²) in [7, 11) is 1.36. The summed E-state index contributed by atoms with van der Waals surface area (Å²) in [6, 6.07) is 5.87. The number of imide groups is 1. The van der Waals surface area contributed by atoms with Gasteiger partial charge < -0.3 is 10.6 Å². The molecule has 11 heteroatoms. The molecule has 0 heterocycles. The van der Waals surface area contributed by atoms with Crippen molar-refractivity contribution in [3.05, 3.63) is 59.7 Å². The molecule has 0 spiro atoms. The van der Waals surface area contributed by atoms with E-state index in [4.69, 9.17) is 0 Å². The number of likely N-dealkylation sites (N-methyl/N-ethyl adjacent to an activating group) is 1. The van der Waals surface area contributed by atoms with E-state index in [0.717, 1.165) is 12.1 Å². The van der Waals surface area contributed by atoms with Crippen molar-refractivity contribution in [3.8, 4) is 0 Å². The number of anilines is 2. The standard InChI is InChI=1S/C18H16F4N4O3/c1-26(8-14(27)23-13-7-6-11(20)16(21)17(13)22)9-15(28)25-18(29)24-12-5-3-2-4-10(12)19/h2-7H,8-9H2,1H3,(H,23,27)(H2,24,25,28,29). The van der Waals surface area contributed by atoms with Gasteiger partial charge in [0.2, 0.25) is 11.8 Å².